The molecule has 0 saturated heterocycles. The molecule has 0 saturated carbocycles. The van der Waals surface area contributed by atoms with Crippen molar-refractivity contribution >= 4 is 43.5 Å². The summed E-state index contributed by atoms with van der Waals surface area (Å²) in [5.74, 6) is -0.286. The lowest BCUT2D eigenvalue weighted by atomic mass is 9.93. The van der Waals surface area contributed by atoms with Crippen LogP contribution in [0.4, 0.5) is 4.39 Å². The van der Waals surface area contributed by atoms with E-state index in [4.69, 9.17) is 4.42 Å². The summed E-state index contributed by atoms with van der Waals surface area (Å²) in [4.78, 5) is 0. The smallest absolute Gasteiger partial charge is 0.216 e. The summed E-state index contributed by atoms with van der Waals surface area (Å²) >= 11 is 0. The Bertz CT molecular complexity index is 1980. The highest BCUT2D eigenvalue weighted by atomic mass is 19.1. The molecule has 7 aromatic rings. The second-order valence-corrected chi connectivity index (χ2v) is 9.42. The number of aryl methyl sites for hydroxylation is 2. The number of halogens is 1. The monoisotopic (exact) mass is 468 g/mol. The van der Waals surface area contributed by atoms with Gasteiger partial charge in [0.2, 0.25) is 5.69 Å². The molecule has 2 nitrogen and oxygen atoms in total. The standard InChI is InChI=1S/C33H23FNO/c1-20-13-15-26-27-17-18-28(34)31(33(27)36-32(26)30(20)29-12-5-6-19-35(29)2)25-11-7-10-23-22-9-4-3-8-21(22)14-16-24(23)25/h3-19H,1-2H3/q+1. The van der Waals surface area contributed by atoms with E-state index in [1.807, 2.05) is 55.7 Å². The van der Waals surface area contributed by atoms with E-state index in [0.29, 0.717) is 11.1 Å². The number of aromatic nitrogens is 1. The van der Waals surface area contributed by atoms with Crippen molar-refractivity contribution in [3.8, 4) is 22.4 Å². The molecule has 3 heteroatoms. The second kappa shape index (κ2) is 7.76. The Labute approximate surface area is 207 Å². The maximum atomic E-state index is 15.7. The predicted octanol–water partition coefficient (Wildman–Crippen LogP) is 8.50. The van der Waals surface area contributed by atoms with Crippen LogP contribution in [0.5, 0.6) is 0 Å². The van der Waals surface area contributed by atoms with Gasteiger partial charge in [-0.05, 0) is 57.8 Å². The topological polar surface area (TPSA) is 17.0 Å². The number of hydrogen-bond acceptors (Lipinski definition) is 1. The van der Waals surface area contributed by atoms with Gasteiger partial charge in [0, 0.05) is 22.9 Å². The van der Waals surface area contributed by atoms with Gasteiger partial charge in [0.15, 0.2) is 6.20 Å². The third-order valence-corrected chi connectivity index (χ3v) is 7.33. The molecule has 0 atom stereocenters. The van der Waals surface area contributed by atoms with E-state index in [9.17, 15) is 0 Å². The highest BCUT2D eigenvalue weighted by molar-refractivity contribution is 6.17. The van der Waals surface area contributed by atoms with Crippen LogP contribution in [0, 0.1) is 12.7 Å². The summed E-state index contributed by atoms with van der Waals surface area (Å²) in [6.45, 7) is 2.09. The molecule has 0 amide bonds. The van der Waals surface area contributed by atoms with Crippen LogP contribution >= 0.6 is 0 Å². The number of benzene rings is 5. The van der Waals surface area contributed by atoms with Gasteiger partial charge in [-0.2, -0.15) is 0 Å². The lowest BCUT2D eigenvalue weighted by Crippen LogP contribution is -2.30. The van der Waals surface area contributed by atoms with Gasteiger partial charge < -0.3 is 4.42 Å². The number of nitrogens with zero attached hydrogens (tertiary/aromatic N) is 1. The fourth-order valence-electron chi connectivity index (χ4n) is 5.59. The Balaban J connectivity index is 1.60. The molecule has 0 unspecified atom stereocenters. The Morgan fingerprint density at radius 3 is 2.19 bits per heavy atom. The quantitative estimate of drug-likeness (QED) is 0.184. The molecule has 0 bridgehead atoms. The zero-order valence-corrected chi connectivity index (χ0v) is 20.0. The van der Waals surface area contributed by atoms with Crippen LogP contribution in [0.2, 0.25) is 0 Å². The number of hydrogen-bond donors (Lipinski definition) is 0. The molecule has 5 aromatic carbocycles. The molecule has 0 aliphatic rings. The zero-order valence-electron chi connectivity index (χ0n) is 20.0. The molecule has 172 valence electrons. The summed E-state index contributed by atoms with van der Waals surface area (Å²) in [6.07, 6.45) is 2.03. The third kappa shape index (κ3) is 2.93. The van der Waals surface area contributed by atoms with Crippen LogP contribution in [0.1, 0.15) is 5.56 Å². The van der Waals surface area contributed by atoms with Crippen molar-refractivity contribution in [2.24, 2.45) is 7.05 Å². The van der Waals surface area contributed by atoms with E-state index >= 15 is 4.39 Å². The Morgan fingerprint density at radius 2 is 1.33 bits per heavy atom. The highest BCUT2D eigenvalue weighted by Gasteiger charge is 2.23. The highest BCUT2D eigenvalue weighted by Crippen LogP contribution is 2.43. The average Bonchev–Trinajstić information content (AvgIpc) is 3.27. The normalized spacial score (nSPS) is 11.8. The minimum absolute atomic E-state index is 0.286. The van der Waals surface area contributed by atoms with Gasteiger partial charge in [-0.1, -0.05) is 66.7 Å². The lowest BCUT2D eigenvalue weighted by molar-refractivity contribution is -0.660. The fourth-order valence-corrected chi connectivity index (χ4v) is 5.59. The molecule has 0 aliphatic heterocycles. The first kappa shape index (κ1) is 20.8. The summed E-state index contributed by atoms with van der Waals surface area (Å²) < 4.78 is 24.4. The van der Waals surface area contributed by atoms with Gasteiger partial charge in [-0.25, -0.2) is 8.96 Å². The Hall–Kier alpha value is -4.50. The van der Waals surface area contributed by atoms with Gasteiger partial charge in [-0.3, -0.25) is 0 Å². The Kier molecular flexibility index (Phi) is 4.49. The van der Waals surface area contributed by atoms with Gasteiger partial charge in [0.1, 0.15) is 24.0 Å². The molecule has 0 radical (unpaired) electrons. The molecule has 0 spiro atoms. The summed E-state index contributed by atoms with van der Waals surface area (Å²) in [6, 6.07) is 32.3. The van der Waals surface area contributed by atoms with Crippen LogP contribution < -0.4 is 4.57 Å². The number of pyridine rings is 1. The van der Waals surface area contributed by atoms with Crippen molar-refractivity contribution in [2.45, 2.75) is 6.92 Å². The van der Waals surface area contributed by atoms with Crippen LogP contribution in [0.3, 0.4) is 0 Å². The first-order valence-corrected chi connectivity index (χ1v) is 12.1. The van der Waals surface area contributed by atoms with E-state index in [1.165, 1.54) is 5.39 Å². The molecule has 2 heterocycles. The van der Waals surface area contributed by atoms with Crippen LogP contribution in [-0.2, 0) is 7.05 Å². The van der Waals surface area contributed by atoms with E-state index < -0.39 is 0 Å². The predicted molar refractivity (Wildman–Crippen MR) is 145 cm³/mol. The van der Waals surface area contributed by atoms with E-state index in [-0.39, 0.29) is 5.82 Å². The summed E-state index contributed by atoms with van der Waals surface area (Å²) in [7, 11) is 2.03. The van der Waals surface area contributed by atoms with Crippen molar-refractivity contribution in [2.75, 3.05) is 0 Å². The van der Waals surface area contributed by atoms with Gasteiger partial charge >= 0.3 is 0 Å². The first-order chi connectivity index (χ1) is 17.6. The fraction of sp³-hybridized carbons (Fsp3) is 0.0606. The van der Waals surface area contributed by atoms with Gasteiger partial charge in [0.25, 0.3) is 0 Å². The molecular formula is C33H23FNO+. The zero-order chi connectivity index (χ0) is 24.4. The van der Waals surface area contributed by atoms with Crippen LogP contribution in [-0.4, -0.2) is 0 Å². The molecule has 0 N–H and O–H groups in total. The first-order valence-electron chi connectivity index (χ1n) is 12.1. The van der Waals surface area contributed by atoms with E-state index in [0.717, 1.165) is 54.9 Å². The third-order valence-electron chi connectivity index (χ3n) is 7.33. The number of furan rings is 1. The average molecular weight is 469 g/mol. The van der Waals surface area contributed by atoms with Crippen LogP contribution in [0.25, 0.3) is 65.9 Å². The molecule has 7 rings (SSSR count). The summed E-state index contributed by atoms with van der Waals surface area (Å²) in [5, 5.41) is 6.34. The maximum Gasteiger partial charge on any atom is 0.216 e. The molecule has 36 heavy (non-hydrogen) atoms. The van der Waals surface area contributed by atoms with Gasteiger partial charge in [-0.15, -0.1) is 0 Å². The van der Waals surface area contributed by atoms with Crippen molar-refractivity contribution in [1.29, 1.82) is 0 Å². The van der Waals surface area contributed by atoms with E-state index in [1.54, 1.807) is 6.07 Å². The second-order valence-electron chi connectivity index (χ2n) is 9.42. The van der Waals surface area contributed by atoms with Crippen molar-refractivity contribution in [3.05, 3.63) is 115 Å². The summed E-state index contributed by atoms with van der Waals surface area (Å²) in [5.41, 5.74) is 5.90. The lowest BCUT2D eigenvalue weighted by Gasteiger charge is -2.11. The Morgan fingerprint density at radius 1 is 0.611 bits per heavy atom. The van der Waals surface area contributed by atoms with Crippen molar-refractivity contribution < 1.29 is 13.4 Å². The molecule has 0 aliphatic carbocycles. The minimum atomic E-state index is -0.286. The van der Waals surface area contributed by atoms with Crippen molar-refractivity contribution in [1.82, 2.24) is 0 Å². The SMILES string of the molecule is Cc1ccc2c(oc3c(-c4cccc5c4ccc4ccccc45)c(F)ccc32)c1-c1cccc[n+]1C. The number of fused-ring (bicyclic) bond motifs is 6. The largest absolute Gasteiger partial charge is 0.454 e. The number of rotatable bonds is 2. The van der Waals surface area contributed by atoms with Gasteiger partial charge in [0.05, 0.1) is 11.1 Å². The minimum Gasteiger partial charge on any atom is -0.454 e. The van der Waals surface area contributed by atoms with Crippen molar-refractivity contribution in [3.63, 3.8) is 0 Å². The molecular weight excluding hydrogens is 445 g/mol. The van der Waals surface area contributed by atoms with E-state index in [2.05, 4.69) is 60.0 Å². The molecule has 2 aromatic heterocycles. The maximum absolute atomic E-state index is 15.7. The molecule has 0 fully saturated rings. The van der Waals surface area contributed by atoms with Crippen LogP contribution in [0.15, 0.2) is 108 Å².